The number of hydrogen-bond donors (Lipinski definition) is 0. The molecule has 0 spiro atoms. The molecule has 0 saturated carbocycles. The number of benzene rings is 2. The summed E-state index contributed by atoms with van der Waals surface area (Å²) in [7, 11) is 0. The molecular formula is C16H11FN4S. The minimum atomic E-state index is -0.377. The van der Waals surface area contributed by atoms with Crippen LogP contribution in [0.2, 0.25) is 0 Å². The number of thioether (sulfide) groups is 1. The molecule has 0 aliphatic rings. The largest absolute Gasteiger partial charge is 0.277 e. The summed E-state index contributed by atoms with van der Waals surface area (Å²) in [6, 6.07) is 16.1. The second-order valence-corrected chi connectivity index (χ2v) is 5.47. The second kappa shape index (κ2) is 6.41. The molecule has 1 aromatic heterocycles. The molecule has 3 rings (SSSR count). The maximum absolute atomic E-state index is 13.9. The highest BCUT2D eigenvalue weighted by atomic mass is 32.2. The Kier molecular flexibility index (Phi) is 4.17. The standard InChI is InChI=1S/C16H11FN4S/c17-15-8-12(9-18)6-7-13(15)10-22-16-20-19-11-21(16)14-4-2-1-3-5-14/h1-8,11H,10H2. The molecule has 0 N–H and O–H groups in total. The molecule has 2 aromatic carbocycles. The Morgan fingerprint density at radius 3 is 2.73 bits per heavy atom. The molecule has 1 heterocycles. The zero-order chi connectivity index (χ0) is 15.4. The van der Waals surface area contributed by atoms with Crippen LogP contribution < -0.4 is 0 Å². The number of hydrogen-bond acceptors (Lipinski definition) is 4. The third-order valence-electron chi connectivity index (χ3n) is 3.09. The number of rotatable bonds is 4. The van der Waals surface area contributed by atoms with E-state index in [2.05, 4.69) is 10.2 Å². The highest BCUT2D eigenvalue weighted by Gasteiger charge is 2.09. The average molecular weight is 310 g/mol. The summed E-state index contributed by atoms with van der Waals surface area (Å²) in [4.78, 5) is 0. The van der Waals surface area contributed by atoms with Crippen LogP contribution in [0.3, 0.4) is 0 Å². The molecule has 0 aliphatic heterocycles. The van der Waals surface area contributed by atoms with Crippen LogP contribution >= 0.6 is 11.8 Å². The van der Waals surface area contributed by atoms with E-state index >= 15 is 0 Å². The maximum atomic E-state index is 13.9. The Balaban J connectivity index is 1.79. The molecule has 0 bridgehead atoms. The first-order chi connectivity index (χ1) is 10.8. The third-order valence-corrected chi connectivity index (χ3v) is 4.08. The molecule has 0 fully saturated rings. The zero-order valence-corrected chi connectivity index (χ0v) is 12.3. The molecule has 0 atom stereocenters. The van der Waals surface area contributed by atoms with Gasteiger partial charge in [-0.1, -0.05) is 36.0 Å². The second-order valence-electron chi connectivity index (χ2n) is 4.53. The van der Waals surface area contributed by atoms with Crippen LogP contribution in [0.5, 0.6) is 0 Å². The van der Waals surface area contributed by atoms with Crippen molar-refractivity contribution < 1.29 is 4.39 Å². The quantitative estimate of drug-likeness (QED) is 0.691. The van der Waals surface area contributed by atoms with Crippen LogP contribution in [-0.4, -0.2) is 14.8 Å². The Morgan fingerprint density at radius 2 is 2.00 bits per heavy atom. The van der Waals surface area contributed by atoms with Crippen molar-refractivity contribution in [1.82, 2.24) is 14.8 Å². The number of halogens is 1. The fourth-order valence-electron chi connectivity index (χ4n) is 1.96. The molecule has 22 heavy (non-hydrogen) atoms. The summed E-state index contributed by atoms with van der Waals surface area (Å²) in [5.74, 6) is 0.0422. The smallest absolute Gasteiger partial charge is 0.195 e. The maximum Gasteiger partial charge on any atom is 0.195 e. The van der Waals surface area contributed by atoms with Crippen molar-refractivity contribution in [3.05, 3.63) is 71.8 Å². The van der Waals surface area contributed by atoms with Gasteiger partial charge in [0.1, 0.15) is 12.1 Å². The Hall–Kier alpha value is -2.65. The first-order valence-corrected chi connectivity index (χ1v) is 7.53. The van der Waals surface area contributed by atoms with Crippen molar-refractivity contribution in [2.75, 3.05) is 0 Å². The van der Waals surface area contributed by atoms with Crippen LogP contribution in [-0.2, 0) is 5.75 Å². The highest BCUT2D eigenvalue weighted by molar-refractivity contribution is 7.98. The van der Waals surface area contributed by atoms with Gasteiger partial charge in [-0.25, -0.2) is 4.39 Å². The minimum absolute atomic E-state index is 0.318. The fraction of sp³-hybridized carbons (Fsp3) is 0.0625. The van der Waals surface area contributed by atoms with Crippen molar-refractivity contribution in [3.8, 4) is 11.8 Å². The lowest BCUT2D eigenvalue weighted by Crippen LogP contribution is -1.96. The summed E-state index contributed by atoms with van der Waals surface area (Å²) in [6.45, 7) is 0. The van der Waals surface area contributed by atoms with E-state index < -0.39 is 0 Å². The summed E-state index contributed by atoms with van der Waals surface area (Å²) < 4.78 is 15.7. The summed E-state index contributed by atoms with van der Waals surface area (Å²) in [6.07, 6.45) is 1.63. The number of nitrogens with zero attached hydrogens (tertiary/aromatic N) is 4. The Bertz CT molecular complexity index is 824. The summed E-state index contributed by atoms with van der Waals surface area (Å²) in [5.41, 5.74) is 1.81. The van der Waals surface area contributed by atoms with E-state index in [1.54, 1.807) is 18.5 Å². The van der Waals surface area contributed by atoms with E-state index in [1.807, 2.05) is 41.0 Å². The van der Waals surface area contributed by atoms with Crippen molar-refractivity contribution in [2.24, 2.45) is 0 Å². The highest BCUT2D eigenvalue weighted by Crippen LogP contribution is 2.24. The Labute approximate surface area is 131 Å². The molecule has 0 aliphatic carbocycles. The zero-order valence-electron chi connectivity index (χ0n) is 11.5. The lowest BCUT2D eigenvalue weighted by Gasteiger charge is -2.06. The van der Waals surface area contributed by atoms with Gasteiger partial charge in [0.25, 0.3) is 0 Å². The first kappa shape index (κ1) is 14.3. The van der Waals surface area contributed by atoms with Gasteiger partial charge in [-0.2, -0.15) is 5.26 Å². The van der Waals surface area contributed by atoms with Gasteiger partial charge in [-0.3, -0.25) is 4.57 Å². The van der Waals surface area contributed by atoms with Gasteiger partial charge in [-0.05, 0) is 29.8 Å². The van der Waals surface area contributed by atoms with E-state index in [-0.39, 0.29) is 5.82 Å². The van der Waals surface area contributed by atoms with E-state index in [1.165, 1.54) is 17.8 Å². The molecule has 0 unspecified atom stereocenters. The molecule has 0 radical (unpaired) electrons. The predicted molar refractivity (Wildman–Crippen MR) is 82.0 cm³/mol. The monoisotopic (exact) mass is 310 g/mol. The van der Waals surface area contributed by atoms with Crippen LogP contribution in [0.1, 0.15) is 11.1 Å². The van der Waals surface area contributed by atoms with Gasteiger partial charge in [0.15, 0.2) is 5.16 Å². The van der Waals surface area contributed by atoms with Crippen LogP contribution in [0.25, 0.3) is 5.69 Å². The van der Waals surface area contributed by atoms with Gasteiger partial charge in [-0.15, -0.1) is 10.2 Å². The van der Waals surface area contributed by atoms with Gasteiger partial charge in [0, 0.05) is 11.4 Å². The number of nitriles is 1. The minimum Gasteiger partial charge on any atom is -0.277 e. The molecule has 6 heteroatoms. The number of para-hydroxylation sites is 1. The normalized spacial score (nSPS) is 10.4. The molecule has 0 amide bonds. The first-order valence-electron chi connectivity index (χ1n) is 6.54. The fourth-order valence-corrected chi connectivity index (χ4v) is 2.88. The SMILES string of the molecule is N#Cc1ccc(CSc2nncn2-c2ccccc2)c(F)c1. The van der Waals surface area contributed by atoms with Gasteiger partial charge < -0.3 is 0 Å². The molecule has 4 nitrogen and oxygen atoms in total. The van der Waals surface area contributed by atoms with Crippen LogP contribution in [0.4, 0.5) is 4.39 Å². The Morgan fingerprint density at radius 1 is 1.18 bits per heavy atom. The summed E-state index contributed by atoms with van der Waals surface area (Å²) in [5, 5.41) is 17.4. The summed E-state index contributed by atoms with van der Waals surface area (Å²) >= 11 is 1.40. The predicted octanol–water partition coefficient (Wildman–Crippen LogP) is 3.57. The lowest BCUT2D eigenvalue weighted by molar-refractivity contribution is 0.616. The average Bonchev–Trinajstić information content (AvgIpc) is 3.03. The third kappa shape index (κ3) is 3.00. The topological polar surface area (TPSA) is 54.5 Å². The van der Waals surface area contributed by atoms with Gasteiger partial charge in [0.05, 0.1) is 11.6 Å². The van der Waals surface area contributed by atoms with Crippen LogP contribution in [0, 0.1) is 17.1 Å². The van der Waals surface area contributed by atoms with E-state index in [9.17, 15) is 4.39 Å². The molecule has 3 aromatic rings. The van der Waals surface area contributed by atoms with Crippen molar-refractivity contribution in [2.45, 2.75) is 10.9 Å². The number of aromatic nitrogens is 3. The van der Waals surface area contributed by atoms with Crippen molar-refractivity contribution in [3.63, 3.8) is 0 Å². The van der Waals surface area contributed by atoms with E-state index in [0.717, 1.165) is 5.69 Å². The molecule has 0 saturated heterocycles. The molecular weight excluding hydrogens is 299 g/mol. The van der Waals surface area contributed by atoms with Gasteiger partial charge in [0.2, 0.25) is 0 Å². The van der Waals surface area contributed by atoms with E-state index in [0.29, 0.717) is 22.0 Å². The van der Waals surface area contributed by atoms with Crippen molar-refractivity contribution in [1.29, 1.82) is 5.26 Å². The molecule has 108 valence electrons. The van der Waals surface area contributed by atoms with Gasteiger partial charge >= 0.3 is 0 Å². The van der Waals surface area contributed by atoms with E-state index in [4.69, 9.17) is 5.26 Å². The lowest BCUT2D eigenvalue weighted by atomic mass is 10.1. The van der Waals surface area contributed by atoms with Crippen molar-refractivity contribution >= 4 is 11.8 Å². The van der Waals surface area contributed by atoms with Crippen LogP contribution in [0.15, 0.2) is 60.0 Å².